The van der Waals surface area contributed by atoms with Gasteiger partial charge in [0, 0.05) is 25.7 Å². The zero-order valence-corrected chi connectivity index (χ0v) is 13.5. The summed E-state index contributed by atoms with van der Waals surface area (Å²) >= 11 is 0. The van der Waals surface area contributed by atoms with Crippen molar-refractivity contribution in [2.75, 3.05) is 32.7 Å². The highest BCUT2D eigenvalue weighted by Gasteiger charge is 2.21. The molecule has 1 heterocycles. The minimum atomic E-state index is -0.872. The van der Waals surface area contributed by atoms with Crippen molar-refractivity contribution in [3.63, 3.8) is 0 Å². The van der Waals surface area contributed by atoms with Gasteiger partial charge in [-0.05, 0) is 39.8 Å². The Bertz CT molecular complexity index is 343. The van der Waals surface area contributed by atoms with E-state index < -0.39 is 11.9 Å². The molecular formula is C15H29N3O3. The number of carboxylic acid groups (broad SMARTS) is 1. The first-order valence-corrected chi connectivity index (χ1v) is 7.95. The Morgan fingerprint density at radius 2 is 1.86 bits per heavy atom. The number of carbonyl (C=O) groups excluding carboxylic acids is 1. The van der Waals surface area contributed by atoms with Crippen LogP contribution in [0.2, 0.25) is 0 Å². The maximum Gasteiger partial charge on any atom is 0.317 e. The number of amides is 2. The van der Waals surface area contributed by atoms with Gasteiger partial charge in [0.25, 0.3) is 0 Å². The fourth-order valence-electron chi connectivity index (χ4n) is 2.60. The Kier molecular flexibility index (Phi) is 7.50. The monoisotopic (exact) mass is 299 g/mol. The summed E-state index contributed by atoms with van der Waals surface area (Å²) in [6.45, 7) is 9.18. The van der Waals surface area contributed by atoms with Gasteiger partial charge in [-0.2, -0.15) is 0 Å². The molecule has 2 atom stereocenters. The Morgan fingerprint density at radius 1 is 1.24 bits per heavy atom. The fourth-order valence-corrected chi connectivity index (χ4v) is 2.60. The second-order valence-corrected chi connectivity index (χ2v) is 5.91. The predicted octanol–water partition coefficient (Wildman–Crippen LogP) is 1.61. The van der Waals surface area contributed by atoms with Gasteiger partial charge < -0.3 is 15.3 Å². The van der Waals surface area contributed by atoms with Gasteiger partial charge in [0.05, 0.1) is 5.92 Å². The van der Waals surface area contributed by atoms with Crippen LogP contribution in [0.3, 0.4) is 0 Å². The number of nitrogens with one attached hydrogen (secondary N) is 1. The molecule has 0 aromatic carbocycles. The van der Waals surface area contributed by atoms with E-state index in [4.69, 9.17) is 5.11 Å². The van der Waals surface area contributed by atoms with Crippen molar-refractivity contribution >= 4 is 12.0 Å². The quantitative estimate of drug-likeness (QED) is 0.749. The van der Waals surface area contributed by atoms with Crippen molar-refractivity contribution in [1.29, 1.82) is 0 Å². The van der Waals surface area contributed by atoms with Gasteiger partial charge in [0.15, 0.2) is 0 Å². The molecule has 6 heteroatoms. The van der Waals surface area contributed by atoms with Crippen LogP contribution in [-0.2, 0) is 4.79 Å². The molecule has 1 fully saturated rings. The average molecular weight is 299 g/mol. The first-order valence-electron chi connectivity index (χ1n) is 7.95. The molecule has 2 N–H and O–H groups in total. The van der Waals surface area contributed by atoms with E-state index in [9.17, 15) is 9.59 Å². The standard InChI is InChI=1S/C15H29N3O3/c1-4-17(11-12(2)14(19)20)15(21)16-10-13(3)18-8-6-5-7-9-18/h12-13H,4-11H2,1-3H3,(H,16,21)(H,19,20). The number of carbonyl (C=O) groups is 2. The molecule has 1 rings (SSSR count). The highest BCUT2D eigenvalue weighted by Crippen LogP contribution is 2.11. The lowest BCUT2D eigenvalue weighted by molar-refractivity contribution is -0.141. The average Bonchev–Trinajstić information content (AvgIpc) is 2.50. The van der Waals surface area contributed by atoms with Crippen LogP contribution in [0, 0.1) is 5.92 Å². The van der Waals surface area contributed by atoms with Crippen LogP contribution in [0.1, 0.15) is 40.0 Å². The molecule has 122 valence electrons. The van der Waals surface area contributed by atoms with Crippen molar-refractivity contribution < 1.29 is 14.7 Å². The molecular weight excluding hydrogens is 270 g/mol. The maximum atomic E-state index is 12.1. The molecule has 0 saturated carbocycles. The number of carboxylic acids is 1. The molecule has 21 heavy (non-hydrogen) atoms. The van der Waals surface area contributed by atoms with E-state index in [2.05, 4.69) is 17.1 Å². The van der Waals surface area contributed by atoms with E-state index in [0.29, 0.717) is 19.1 Å². The van der Waals surface area contributed by atoms with E-state index in [0.717, 1.165) is 13.1 Å². The Hall–Kier alpha value is -1.30. The summed E-state index contributed by atoms with van der Waals surface area (Å²) in [5.41, 5.74) is 0. The highest BCUT2D eigenvalue weighted by atomic mass is 16.4. The number of hydrogen-bond acceptors (Lipinski definition) is 3. The van der Waals surface area contributed by atoms with Crippen molar-refractivity contribution in [2.24, 2.45) is 5.92 Å². The second kappa shape index (κ2) is 8.87. The minimum absolute atomic E-state index is 0.172. The van der Waals surface area contributed by atoms with Gasteiger partial charge in [-0.1, -0.05) is 13.3 Å². The zero-order valence-electron chi connectivity index (χ0n) is 13.5. The van der Waals surface area contributed by atoms with Crippen LogP contribution in [-0.4, -0.2) is 65.7 Å². The van der Waals surface area contributed by atoms with E-state index in [1.807, 2.05) is 6.92 Å². The van der Waals surface area contributed by atoms with Crippen LogP contribution in [0.15, 0.2) is 0 Å². The number of aliphatic carboxylic acids is 1. The topological polar surface area (TPSA) is 72.9 Å². The molecule has 1 saturated heterocycles. The number of nitrogens with zero attached hydrogens (tertiary/aromatic N) is 2. The Morgan fingerprint density at radius 3 is 2.38 bits per heavy atom. The van der Waals surface area contributed by atoms with Crippen LogP contribution in [0.5, 0.6) is 0 Å². The highest BCUT2D eigenvalue weighted by molar-refractivity contribution is 5.75. The molecule has 2 unspecified atom stereocenters. The van der Waals surface area contributed by atoms with Crippen LogP contribution in [0.25, 0.3) is 0 Å². The molecule has 2 amide bonds. The summed E-state index contributed by atoms with van der Waals surface area (Å²) in [6, 6.07) is 0.152. The maximum absolute atomic E-state index is 12.1. The lowest BCUT2D eigenvalue weighted by Crippen LogP contribution is -2.49. The smallest absolute Gasteiger partial charge is 0.317 e. The third-order valence-electron chi connectivity index (χ3n) is 4.15. The van der Waals surface area contributed by atoms with Gasteiger partial charge in [-0.15, -0.1) is 0 Å². The summed E-state index contributed by atoms with van der Waals surface area (Å²) in [6.07, 6.45) is 3.76. The van der Waals surface area contributed by atoms with Crippen molar-refractivity contribution in [3.8, 4) is 0 Å². The third-order valence-corrected chi connectivity index (χ3v) is 4.15. The van der Waals surface area contributed by atoms with Gasteiger partial charge in [-0.25, -0.2) is 4.79 Å². The second-order valence-electron chi connectivity index (χ2n) is 5.91. The SMILES string of the molecule is CCN(CC(C)C(=O)O)C(=O)NCC(C)N1CCCCC1. The lowest BCUT2D eigenvalue weighted by Gasteiger charge is -2.33. The number of piperidine rings is 1. The number of urea groups is 1. The molecule has 0 bridgehead atoms. The molecule has 6 nitrogen and oxygen atoms in total. The van der Waals surface area contributed by atoms with E-state index in [-0.39, 0.29) is 12.6 Å². The summed E-state index contributed by atoms with van der Waals surface area (Å²) < 4.78 is 0. The molecule has 0 radical (unpaired) electrons. The number of likely N-dealkylation sites (tertiary alicyclic amines) is 1. The molecule has 0 spiro atoms. The Labute approximate surface area is 127 Å². The van der Waals surface area contributed by atoms with Crippen LogP contribution < -0.4 is 5.32 Å². The summed E-state index contributed by atoms with van der Waals surface area (Å²) in [5, 5.41) is 11.9. The van der Waals surface area contributed by atoms with Crippen molar-refractivity contribution in [1.82, 2.24) is 15.1 Å². The van der Waals surface area contributed by atoms with Gasteiger partial charge in [0.1, 0.15) is 0 Å². The van der Waals surface area contributed by atoms with E-state index >= 15 is 0 Å². The normalized spacial score (nSPS) is 18.8. The minimum Gasteiger partial charge on any atom is -0.481 e. The molecule has 1 aliphatic heterocycles. The fraction of sp³-hybridized carbons (Fsp3) is 0.867. The largest absolute Gasteiger partial charge is 0.481 e. The van der Waals surface area contributed by atoms with Gasteiger partial charge >= 0.3 is 12.0 Å². The summed E-state index contributed by atoms with van der Waals surface area (Å²) in [5.74, 6) is -1.42. The first kappa shape index (κ1) is 17.8. The van der Waals surface area contributed by atoms with E-state index in [1.54, 1.807) is 11.8 Å². The number of rotatable bonds is 7. The number of hydrogen-bond donors (Lipinski definition) is 2. The van der Waals surface area contributed by atoms with Crippen molar-refractivity contribution in [2.45, 2.75) is 46.1 Å². The lowest BCUT2D eigenvalue weighted by atomic mass is 10.1. The summed E-state index contributed by atoms with van der Waals surface area (Å²) in [7, 11) is 0. The molecule has 0 aliphatic carbocycles. The Balaban J connectivity index is 2.37. The molecule has 1 aliphatic rings. The van der Waals surface area contributed by atoms with Gasteiger partial charge in [0.2, 0.25) is 0 Å². The zero-order chi connectivity index (χ0) is 15.8. The van der Waals surface area contributed by atoms with Crippen LogP contribution >= 0.6 is 0 Å². The third kappa shape index (κ3) is 5.91. The van der Waals surface area contributed by atoms with Gasteiger partial charge in [-0.3, -0.25) is 9.69 Å². The van der Waals surface area contributed by atoms with Crippen LogP contribution in [0.4, 0.5) is 4.79 Å². The van der Waals surface area contributed by atoms with E-state index in [1.165, 1.54) is 19.3 Å². The molecule has 0 aromatic heterocycles. The molecule has 0 aromatic rings. The summed E-state index contributed by atoms with van der Waals surface area (Å²) in [4.78, 5) is 27.0. The predicted molar refractivity (Wildman–Crippen MR) is 82.3 cm³/mol. The van der Waals surface area contributed by atoms with Crippen molar-refractivity contribution in [3.05, 3.63) is 0 Å². The first-order chi connectivity index (χ1) is 9.95.